The monoisotopic (exact) mass is 353 g/mol. The van der Waals surface area contributed by atoms with Gasteiger partial charge in [-0.15, -0.1) is 11.3 Å². The molecule has 86 valence electrons. The van der Waals surface area contributed by atoms with Crippen LogP contribution in [0.5, 0.6) is 0 Å². The second kappa shape index (κ2) is 6.36. The Balaban J connectivity index is 2.73. The van der Waals surface area contributed by atoms with Crippen molar-refractivity contribution < 1.29 is 0 Å². The summed E-state index contributed by atoms with van der Waals surface area (Å²) < 4.78 is 0. The van der Waals surface area contributed by atoms with Crippen molar-refractivity contribution in [3.63, 3.8) is 0 Å². The van der Waals surface area contributed by atoms with Gasteiger partial charge in [0.2, 0.25) is 0 Å². The minimum absolute atomic E-state index is 0.332. The molecule has 1 heterocycles. The third-order valence-electron chi connectivity index (χ3n) is 2.54. The predicted octanol–water partition coefficient (Wildman–Crippen LogP) is 4.57. The maximum absolute atomic E-state index is 4.55. The number of halogens is 2. The highest BCUT2D eigenvalue weighted by Gasteiger charge is 2.28. The van der Waals surface area contributed by atoms with E-state index in [4.69, 9.17) is 0 Å². The van der Waals surface area contributed by atoms with E-state index >= 15 is 0 Å². The molecule has 0 unspecified atom stereocenters. The fraction of sp³-hybridized carbons (Fsp3) is 0.727. The number of aryl methyl sites for hydroxylation is 1. The normalized spacial score (nSPS) is 12.0. The summed E-state index contributed by atoms with van der Waals surface area (Å²) in [7, 11) is 0. The first-order chi connectivity index (χ1) is 7.15. The fourth-order valence-corrected chi connectivity index (χ4v) is 4.52. The van der Waals surface area contributed by atoms with Crippen LogP contribution < -0.4 is 0 Å². The molecule has 0 saturated carbocycles. The van der Waals surface area contributed by atoms with Crippen LogP contribution in [0.3, 0.4) is 0 Å². The molecule has 0 amide bonds. The summed E-state index contributed by atoms with van der Waals surface area (Å²) in [5.74, 6) is 0. The van der Waals surface area contributed by atoms with E-state index in [0.29, 0.717) is 5.41 Å². The van der Waals surface area contributed by atoms with E-state index < -0.39 is 0 Å². The van der Waals surface area contributed by atoms with Crippen LogP contribution in [-0.2, 0) is 6.42 Å². The van der Waals surface area contributed by atoms with Crippen LogP contribution in [0.2, 0.25) is 0 Å². The van der Waals surface area contributed by atoms with Gasteiger partial charge in [0.1, 0.15) is 0 Å². The number of alkyl halides is 2. The number of aromatic nitrogens is 1. The SMILES string of the molecule is CCCC(CBr)(CBr)Cc1nc(C)cs1. The Morgan fingerprint density at radius 3 is 2.47 bits per heavy atom. The van der Waals surface area contributed by atoms with Crippen LogP contribution in [0.1, 0.15) is 30.5 Å². The van der Waals surface area contributed by atoms with Crippen molar-refractivity contribution in [2.45, 2.75) is 33.1 Å². The third-order valence-corrected chi connectivity index (χ3v) is 5.89. The number of nitrogens with zero attached hydrogens (tertiary/aromatic N) is 1. The van der Waals surface area contributed by atoms with Gasteiger partial charge in [0.05, 0.1) is 5.01 Å². The van der Waals surface area contributed by atoms with Gasteiger partial charge in [-0.3, -0.25) is 0 Å². The Kier molecular flexibility index (Phi) is 5.79. The third kappa shape index (κ3) is 3.82. The van der Waals surface area contributed by atoms with Gasteiger partial charge in [-0.1, -0.05) is 45.2 Å². The molecule has 0 fully saturated rings. The van der Waals surface area contributed by atoms with Crippen molar-refractivity contribution in [1.29, 1.82) is 0 Å². The van der Waals surface area contributed by atoms with Crippen LogP contribution in [-0.4, -0.2) is 15.6 Å². The highest BCUT2D eigenvalue weighted by atomic mass is 79.9. The molecule has 1 nitrogen and oxygen atoms in total. The zero-order chi connectivity index (χ0) is 11.3. The molecule has 0 saturated heterocycles. The second-order valence-corrected chi connectivity index (χ2v) is 6.14. The molecule has 4 heteroatoms. The maximum Gasteiger partial charge on any atom is 0.0934 e. The molecule has 0 aliphatic heterocycles. The molecule has 0 spiro atoms. The topological polar surface area (TPSA) is 12.9 Å². The van der Waals surface area contributed by atoms with Crippen LogP contribution in [0.25, 0.3) is 0 Å². The Hall–Kier alpha value is 0.590. The molecule has 1 rings (SSSR count). The van der Waals surface area contributed by atoms with Crippen LogP contribution in [0.4, 0.5) is 0 Å². The molecule has 0 aliphatic carbocycles. The standard InChI is InChI=1S/C11H17Br2NS/c1-3-4-11(7-12,8-13)5-10-14-9(2)6-15-10/h6H,3-5,7-8H2,1-2H3. The summed E-state index contributed by atoms with van der Waals surface area (Å²) in [4.78, 5) is 4.55. The van der Waals surface area contributed by atoms with Gasteiger partial charge in [0.25, 0.3) is 0 Å². The van der Waals surface area contributed by atoms with Crippen molar-refractivity contribution in [2.24, 2.45) is 5.41 Å². The van der Waals surface area contributed by atoms with Gasteiger partial charge in [-0.25, -0.2) is 4.98 Å². The lowest BCUT2D eigenvalue weighted by Crippen LogP contribution is -2.27. The highest BCUT2D eigenvalue weighted by Crippen LogP contribution is 2.33. The largest absolute Gasteiger partial charge is 0.247 e. The molecule has 0 aromatic carbocycles. The summed E-state index contributed by atoms with van der Waals surface area (Å²) in [6.07, 6.45) is 3.54. The fourth-order valence-electron chi connectivity index (χ4n) is 1.69. The summed E-state index contributed by atoms with van der Waals surface area (Å²) >= 11 is 9.07. The Labute approximate surface area is 113 Å². The molecule has 1 aromatic heterocycles. The number of thiazole rings is 1. The van der Waals surface area contributed by atoms with Gasteiger partial charge in [0.15, 0.2) is 0 Å². The quantitative estimate of drug-likeness (QED) is 0.682. The summed E-state index contributed by atoms with van der Waals surface area (Å²) in [6, 6.07) is 0. The van der Waals surface area contributed by atoms with E-state index in [-0.39, 0.29) is 0 Å². The van der Waals surface area contributed by atoms with Crippen LogP contribution in [0.15, 0.2) is 5.38 Å². The number of hydrogen-bond acceptors (Lipinski definition) is 2. The minimum atomic E-state index is 0.332. The average molecular weight is 355 g/mol. The predicted molar refractivity (Wildman–Crippen MR) is 75.5 cm³/mol. The van der Waals surface area contributed by atoms with E-state index in [2.05, 4.69) is 56.1 Å². The average Bonchev–Trinajstić information content (AvgIpc) is 2.63. The van der Waals surface area contributed by atoms with E-state index in [9.17, 15) is 0 Å². The van der Waals surface area contributed by atoms with E-state index in [1.54, 1.807) is 11.3 Å². The zero-order valence-corrected chi connectivity index (χ0v) is 13.2. The first-order valence-corrected chi connectivity index (χ1v) is 8.31. The molecule has 0 aliphatic rings. The zero-order valence-electron chi connectivity index (χ0n) is 9.22. The summed E-state index contributed by atoms with van der Waals surface area (Å²) in [5.41, 5.74) is 1.48. The lowest BCUT2D eigenvalue weighted by Gasteiger charge is -2.28. The van der Waals surface area contributed by atoms with Crippen molar-refractivity contribution in [1.82, 2.24) is 4.98 Å². The summed E-state index contributed by atoms with van der Waals surface area (Å²) in [6.45, 7) is 4.30. The van der Waals surface area contributed by atoms with Crippen molar-refractivity contribution in [3.05, 3.63) is 16.1 Å². The molecular weight excluding hydrogens is 338 g/mol. The van der Waals surface area contributed by atoms with E-state index in [0.717, 1.165) is 22.8 Å². The molecule has 1 aromatic rings. The van der Waals surface area contributed by atoms with Gasteiger partial charge in [0, 0.05) is 28.2 Å². The Morgan fingerprint density at radius 1 is 1.40 bits per heavy atom. The van der Waals surface area contributed by atoms with Crippen molar-refractivity contribution >= 4 is 43.2 Å². The highest BCUT2D eigenvalue weighted by molar-refractivity contribution is 9.09. The van der Waals surface area contributed by atoms with Gasteiger partial charge >= 0.3 is 0 Å². The molecule has 0 radical (unpaired) electrons. The molecule has 15 heavy (non-hydrogen) atoms. The van der Waals surface area contributed by atoms with Gasteiger partial charge < -0.3 is 0 Å². The smallest absolute Gasteiger partial charge is 0.0934 e. The van der Waals surface area contributed by atoms with Crippen LogP contribution >= 0.6 is 43.2 Å². The first-order valence-electron chi connectivity index (χ1n) is 5.19. The lowest BCUT2D eigenvalue weighted by molar-refractivity contribution is 0.351. The van der Waals surface area contributed by atoms with Crippen molar-refractivity contribution in [3.8, 4) is 0 Å². The molecule has 0 N–H and O–H groups in total. The minimum Gasteiger partial charge on any atom is -0.247 e. The van der Waals surface area contributed by atoms with E-state index in [1.807, 2.05) is 0 Å². The van der Waals surface area contributed by atoms with Gasteiger partial charge in [-0.05, 0) is 18.8 Å². The number of hydrogen-bond donors (Lipinski definition) is 0. The molecule has 0 atom stereocenters. The second-order valence-electron chi connectivity index (χ2n) is 4.08. The van der Waals surface area contributed by atoms with E-state index in [1.165, 1.54) is 17.8 Å². The van der Waals surface area contributed by atoms with Crippen LogP contribution in [0, 0.1) is 12.3 Å². The Morgan fingerprint density at radius 2 is 2.07 bits per heavy atom. The summed E-state index contributed by atoms with van der Waals surface area (Å²) in [5, 5.41) is 5.48. The molecular formula is C11H17Br2NS. The van der Waals surface area contributed by atoms with Crippen molar-refractivity contribution in [2.75, 3.05) is 10.7 Å². The molecule has 0 bridgehead atoms. The number of rotatable bonds is 6. The maximum atomic E-state index is 4.55. The first kappa shape index (κ1) is 13.7. The van der Waals surface area contributed by atoms with Gasteiger partial charge in [-0.2, -0.15) is 0 Å². The lowest BCUT2D eigenvalue weighted by atomic mass is 9.85. The Bertz CT molecular complexity index is 295.